The average Bonchev–Trinajstić information content (AvgIpc) is 2.79. The SMILES string of the molecule is CC(C)/C=C(/C(=O)N(C)C)N(C(C)C)C1CCCC1. The number of hydrogen-bond acceptors (Lipinski definition) is 2. The summed E-state index contributed by atoms with van der Waals surface area (Å²) in [6.45, 7) is 8.65. The lowest BCUT2D eigenvalue weighted by Gasteiger charge is -2.37. The molecule has 0 unspecified atom stereocenters. The van der Waals surface area contributed by atoms with Crippen LogP contribution in [0.2, 0.25) is 0 Å². The third-order valence-corrected chi connectivity index (χ3v) is 3.67. The van der Waals surface area contributed by atoms with Crippen molar-refractivity contribution in [2.24, 2.45) is 5.92 Å². The fourth-order valence-corrected chi connectivity index (χ4v) is 2.89. The zero-order valence-electron chi connectivity index (χ0n) is 13.4. The molecule has 19 heavy (non-hydrogen) atoms. The van der Waals surface area contributed by atoms with Crippen molar-refractivity contribution in [2.75, 3.05) is 14.1 Å². The zero-order valence-corrected chi connectivity index (χ0v) is 13.4. The molecule has 1 aliphatic carbocycles. The molecule has 1 fully saturated rings. The van der Waals surface area contributed by atoms with Gasteiger partial charge in [-0.05, 0) is 32.6 Å². The molecule has 0 heterocycles. The average molecular weight is 266 g/mol. The van der Waals surface area contributed by atoms with Crippen molar-refractivity contribution in [1.29, 1.82) is 0 Å². The number of hydrogen-bond donors (Lipinski definition) is 0. The van der Waals surface area contributed by atoms with E-state index in [4.69, 9.17) is 0 Å². The van der Waals surface area contributed by atoms with E-state index in [1.54, 1.807) is 4.90 Å². The van der Waals surface area contributed by atoms with Crippen LogP contribution in [0.3, 0.4) is 0 Å². The summed E-state index contributed by atoms with van der Waals surface area (Å²) in [6, 6.07) is 0.908. The molecule has 1 amide bonds. The first kappa shape index (κ1) is 16.1. The Morgan fingerprint density at radius 3 is 2.00 bits per heavy atom. The first-order valence-corrected chi connectivity index (χ1v) is 7.56. The Morgan fingerprint density at radius 2 is 1.63 bits per heavy atom. The minimum absolute atomic E-state index is 0.134. The van der Waals surface area contributed by atoms with Crippen LogP contribution < -0.4 is 0 Å². The maximum absolute atomic E-state index is 12.5. The van der Waals surface area contributed by atoms with Gasteiger partial charge in [0.25, 0.3) is 5.91 Å². The molecular weight excluding hydrogens is 236 g/mol. The first-order valence-electron chi connectivity index (χ1n) is 7.56. The van der Waals surface area contributed by atoms with E-state index in [0.717, 1.165) is 5.70 Å². The van der Waals surface area contributed by atoms with Crippen LogP contribution in [0, 0.1) is 5.92 Å². The second-order valence-corrected chi connectivity index (χ2v) is 6.43. The van der Waals surface area contributed by atoms with E-state index in [-0.39, 0.29) is 5.91 Å². The van der Waals surface area contributed by atoms with Crippen molar-refractivity contribution in [1.82, 2.24) is 9.80 Å². The molecule has 1 saturated carbocycles. The number of carbonyl (C=O) groups is 1. The summed E-state index contributed by atoms with van der Waals surface area (Å²) in [4.78, 5) is 16.5. The number of carbonyl (C=O) groups excluding carboxylic acids is 1. The largest absolute Gasteiger partial charge is 0.362 e. The molecule has 0 bridgehead atoms. The van der Waals surface area contributed by atoms with Gasteiger partial charge in [0.2, 0.25) is 0 Å². The second kappa shape index (κ2) is 6.97. The van der Waals surface area contributed by atoms with Gasteiger partial charge in [-0.15, -0.1) is 0 Å². The van der Waals surface area contributed by atoms with Gasteiger partial charge in [0.1, 0.15) is 0 Å². The minimum Gasteiger partial charge on any atom is -0.362 e. The van der Waals surface area contributed by atoms with Crippen LogP contribution in [-0.2, 0) is 4.79 Å². The van der Waals surface area contributed by atoms with Gasteiger partial charge in [0, 0.05) is 26.2 Å². The van der Waals surface area contributed by atoms with Crippen LogP contribution in [0.5, 0.6) is 0 Å². The molecule has 3 heteroatoms. The summed E-state index contributed by atoms with van der Waals surface area (Å²) in [5, 5.41) is 0. The Bertz CT molecular complexity index is 326. The second-order valence-electron chi connectivity index (χ2n) is 6.43. The maximum atomic E-state index is 12.5. The molecule has 1 aliphatic rings. The van der Waals surface area contributed by atoms with E-state index in [9.17, 15) is 4.79 Å². The highest BCUT2D eigenvalue weighted by molar-refractivity contribution is 5.92. The Hall–Kier alpha value is -0.990. The molecule has 0 atom stereocenters. The zero-order chi connectivity index (χ0) is 14.6. The molecule has 0 aromatic carbocycles. The van der Waals surface area contributed by atoms with E-state index in [2.05, 4.69) is 38.7 Å². The van der Waals surface area contributed by atoms with Crippen molar-refractivity contribution >= 4 is 5.91 Å². The highest BCUT2D eigenvalue weighted by atomic mass is 16.2. The summed E-state index contributed by atoms with van der Waals surface area (Å²) in [5.74, 6) is 0.524. The molecule has 0 aromatic rings. The standard InChI is InChI=1S/C16H30N2O/c1-12(2)11-15(16(19)17(5)6)18(13(3)4)14-9-7-8-10-14/h11-14H,7-10H2,1-6H3/b15-11-. The fourth-order valence-electron chi connectivity index (χ4n) is 2.89. The molecular formula is C16H30N2O. The van der Waals surface area contributed by atoms with Crippen LogP contribution in [0.1, 0.15) is 53.4 Å². The summed E-state index contributed by atoms with van der Waals surface area (Å²) in [6.07, 6.45) is 7.14. The number of nitrogens with zero attached hydrogens (tertiary/aromatic N) is 2. The predicted octanol–water partition coefficient (Wildman–Crippen LogP) is 3.27. The molecule has 1 rings (SSSR count). The van der Waals surface area contributed by atoms with Crippen LogP contribution in [0.15, 0.2) is 11.8 Å². The Kier molecular flexibility index (Phi) is 5.89. The van der Waals surface area contributed by atoms with E-state index in [0.29, 0.717) is 18.0 Å². The lowest BCUT2D eigenvalue weighted by atomic mass is 10.1. The van der Waals surface area contributed by atoms with Gasteiger partial charge in [0.05, 0.1) is 5.70 Å². The highest BCUT2D eigenvalue weighted by Gasteiger charge is 2.30. The molecule has 0 aliphatic heterocycles. The van der Waals surface area contributed by atoms with Gasteiger partial charge < -0.3 is 9.80 Å². The number of rotatable bonds is 5. The predicted molar refractivity (Wildman–Crippen MR) is 80.8 cm³/mol. The summed E-state index contributed by atoms with van der Waals surface area (Å²) in [7, 11) is 3.67. The summed E-state index contributed by atoms with van der Waals surface area (Å²) >= 11 is 0. The van der Waals surface area contributed by atoms with Crippen LogP contribution in [0.4, 0.5) is 0 Å². The van der Waals surface area contributed by atoms with Crippen LogP contribution in [0.25, 0.3) is 0 Å². The van der Waals surface area contributed by atoms with Crippen molar-refractivity contribution in [2.45, 2.75) is 65.5 Å². The van der Waals surface area contributed by atoms with E-state index < -0.39 is 0 Å². The number of likely N-dealkylation sites (N-methyl/N-ethyl adjacent to an activating group) is 1. The quantitative estimate of drug-likeness (QED) is 0.713. The topological polar surface area (TPSA) is 23.6 Å². The highest BCUT2D eigenvalue weighted by Crippen LogP contribution is 2.29. The molecule has 0 N–H and O–H groups in total. The van der Waals surface area contributed by atoms with Crippen molar-refractivity contribution in [3.8, 4) is 0 Å². The molecule has 3 nitrogen and oxygen atoms in total. The first-order chi connectivity index (χ1) is 8.84. The van der Waals surface area contributed by atoms with Crippen LogP contribution in [-0.4, -0.2) is 41.9 Å². The normalized spacial score (nSPS) is 17.4. The number of allylic oxidation sites excluding steroid dienone is 1. The Balaban J connectivity index is 3.07. The van der Waals surface area contributed by atoms with E-state index in [1.807, 2.05) is 14.1 Å². The lowest BCUT2D eigenvalue weighted by Crippen LogP contribution is -2.43. The van der Waals surface area contributed by atoms with Gasteiger partial charge in [-0.2, -0.15) is 0 Å². The molecule has 0 spiro atoms. The molecule has 0 radical (unpaired) electrons. The summed E-state index contributed by atoms with van der Waals surface area (Å²) < 4.78 is 0. The monoisotopic (exact) mass is 266 g/mol. The molecule has 0 saturated heterocycles. The fraction of sp³-hybridized carbons (Fsp3) is 0.812. The third kappa shape index (κ3) is 4.26. The van der Waals surface area contributed by atoms with Gasteiger partial charge in [-0.3, -0.25) is 4.79 Å². The van der Waals surface area contributed by atoms with Crippen molar-refractivity contribution in [3.05, 3.63) is 11.8 Å². The van der Waals surface area contributed by atoms with Crippen LogP contribution >= 0.6 is 0 Å². The minimum atomic E-state index is 0.134. The van der Waals surface area contributed by atoms with E-state index >= 15 is 0 Å². The third-order valence-electron chi connectivity index (χ3n) is 3.67. The van der Waals surface area contributed by atoms with E-state index in [1.165, 1.54) is 25.7 Å². The van der Waals surface area contributed by atoms with Gasteiger partial charge in [-0.1, -0.05) is 32.8 Å². The van der Waals surface area contributed by atoms with Crippen molar-refractivity contribution in [3.63, 3.8) is 0 Å². The lowest BCUT2D eigenvalue weighted by molar-refractivity contribution is -0.127. The summed E-state index contributed by atoms with van der Waals surface area (Å²) in [5.41, 5.74) is 0.891. The van der Waals surface area contributed by atoms with Gasteiger partial charge in [0.15, 0.2) is 0 Å². The molecule has 110 valence electrons. The maximum Gasteiger partial charge on any atom is 0.269 e. The molecule has 0 aromatic heterocycles. The Morgan fingerprint density at radius 1 is 1.11 bits per heavy atom. The smallest absolute Gasteiger partial charge is 0.269 e. The number of amides is 1. The van der Waals surface area contributed by atoms with Crippen molar-refractivity contribution < 1.29 is 4.79 Å². The Labute approximate surface area is 118 Å². The van der Waals surface area contributed by atoms with Gasteiger partial charge >= 0.3 is 0 Å². The van der Waals surface area contributed by atoms with Gasteiger partial charge in [-0.25, -0.2) is 0 Å².